The van der Waals surface area contributed by atoms with Crippen molar-refractivity contribution in [2.45, 2.75) is 13.0 Å². The second kappa shape index (κ2) is 7.27. The maximum atomic E-state index is 12.0. The van der Waals surface area contributed by atoms with E-state index in [4.69, 9.17) is 0 Å². The molecule has 1 aliphatic heterocycles. The van der Waals surface area contributed by atoms with Crippen molar-refractivity contribution in [1.82, 2.24) is 4.98 Å². The van der Waals surface area contributed by atoms with Crippen molar-refractivity contribution >= 4 is 23.2 Å². The summed E-state index contributed by atoms with van der Waals surface area (Å²) in [6, 6.07) is 21.6. The highest BCUT2D eigenvalue weighted by Gasteiger charge is 2.18. The number of carbonyl (C=O) groups is 1. The molecule has 0 atom stereocenters. The first-order chi connectivity index (χ1) is 12.8. The van der Waals surface area contributed by atoms with Crippen LogP contribution >= 0.6 is 0 Å². The fourth-order valence-electron chi connectivity index (χ4n) is 3.20. The van der Waals surface area contributed by atoms with Crippen LogP contribution in [0.1, 0.15) is 11.1 Å². The van der Waals surface area contributed by atoms with Gasteiger partial charge in [-0.25, -0.2) is 9.78 Å². The van der Waals surface area contributed by atoms with Crippen molar-refractivity contribution in [2.24, 2.45) is 0 Å². The molecule has 26 heavy (non-hydrogen) atoms. The predicted molar refractivity (Wildman–Crippen MR) is 105 cm³/mol. The van der Waals surface area contributed by atoms with E-state index in [0.29, 0.717) is 5.82 Å². The Morgan fingerprint density at radius 1 is 0.962 bits per heavy atom. The Morgan fingerprint density at radius 3 is 2.58 bits per heavy atom. The number of aromatic nitrogens is 1. The molecule has 1 aromatic heterocycles. The van der Waals surface area contributed by atoms with Gasteiger partial charge in [0.2, 0.25) is 0 Å². The molecule has 2 aromatic carbocycles. The second-order valence-electron chi connectivity index (χ2n) is 6.29. The van der Waals surface area contributed by atoms with Crippen molar-refractivity contribution in [2.75, 3.05) is 22.1 Å². The molecule has 0 aliphatic carbocycles. The van der Waals surface area contributed by atoms with E-state index in [2.05, 4.69) is 56.9 Å². The van der Waals surface area contributed by atoms with Gasteiger partial charge in [0.25, 0.3) is 0 Å². The van der Waals surface area contributed by atoms with Crippen LogP contribution in [-0.4, -0.2) is 17.6 Å². The van der Waals surface area contributed by atoms with E-state index in [1.165, 1.54) is 16.8 Å². The monoisotopic (exact) mass is 344 g/mol. The maximum absolute atomic E-state index is 12.0. The number of pyridine rings is 1. The molecular formula is C21H20N4O. The number of benzene rings is 2. The lowest BCUT2D eigenvalue weighted by Crippen LogP contribution is -2.20. The van der Waals surface area contributed by atoms with Crippen LogP contribution in [0, 0.1) is 0 Å². The minimum atomic E-state index is -0.301. The molecule has 0 spiro atoms. The Bertz CT molecular complexity index is 893. The van der Waals surface area contributed by atoms with Gasteiger partial charge in [-0.1, -0.05) is 36.4 Å². The number of hydrogen-bond donors (Lipinski definition) is 2. The first-order valence-corrected chi connectivity index (χ1v) is 8.69. The van der Waals surface area contributed by atoms with E-state index in [9.17, 15) is 4.79 Å². The number of nitrogens with zero attached hydrogens (tertiary/aromatic N) is 2. The minimum absolute atomic E-state index is 0.301. The summed E-state index contributed by atoms with van der Waals surface area (Å²) in [5.74, 6) is 0.523. The average molecular weight is 344 g/mol. The number of anilines is 3. The van der Waals surface area contributed by atoms with Gasteiger partial charge in [0.1, 0.15) is 5.82 Å². The van der Waals surface area contributed by atoms with Gasteiger partial charge in [0.15, 0.2) is 0 Å². The van der Waals surface area contributed by atoms with Crippen molar-refractivity contribution in [3.63, 3.8) is 0 Å². The summed E-state index contributed by atoms with van der Waals surface area (Å²) >= 11 is 0. The molecule has 0 unspecified atom stereocenters. The summed E-state index contributed by atoms with van der Waals surface area (Å²) in [7, 11) is 0. The number of fused-ring (bicyclic) bond motifs is 1. The molecule has 4 rings (SSSR count). The molecule has 5 nitrogen and oxygen atoms in total. The van der Waals surface area contributed by atoms with Crippen LogP contribution in [0.2, 0.25) is 0 Å². The van der Waals surface area contributed by atoms with Crippen molar-refractivity contribution < 1.29 is 4.79 Å². The zero-order valence-corrected chi connectivity index (χ0v) is 14.4. The lowest BCUT2D eigenvalue weighted by molar-refractivity contribution is 0.262. The van der Waals surface area contributed by atoms with E-state index in [1.54, 1.807) is 18.3 Å². The number of urea groups is 1. The number of nitrogens with one attached hydrogen (secondary N) is 2. The van der Waals surface area contributed by atoms with Crippen molar-refractivity contribution in [3.8, 4) is 0 Å². The highest BCUT2D eigenvalue weighted by molar-refractivity contribution is 5.99. The zero-order chi connectivity index (χ0) is 17.8. The molecule has 0 saturated carbocycles. The molecule has 0 bridgehead atoms. The van der Waals surface area contributed by atoms with Crippen LogP contribution in [0.3, 0.4) is 0 Å². The quantitative estimate of drug-likeness (QED) is 0.742. The molecule has 2 heterocycles. The number of rotatable bonds is 4. The molecule has 3 aromatic rings. The molecule has 5 heteroatoms. The lowest BCUT2D eigenvalue weighted by Gasteiger charge is -2.19. The molecule has 130 valence electrons. The molecule has 1 aliphatic rings. The standard InChI is InChI=1S/C21H20N4O/c26-21(24-20-7-3-4-13-22-20)23-18-10-8-16(9-11-18)15-25-14-12-17-5-1-2-6-19(17)25/h1-11,13H,12,14-15H2,(H2,22,23,24,26). The van der Waals surface area contributed by atoms with Gasteiger partial charge in [-0.05, 0) is 47.9 Å². The maximum Gasteiger partial charge on any atom is 0.324 e. The normalized spacial score (nSPS) is 12.5. The first-order valence-electron chi connectivity index (χ1n) is 8.69. The third-order valence-corrected chi connectivity index (χ3v) is 4.48. The summed E-state index contributed by atoms with van der Waals surface area (Å²) < 4.78 is 0. The third kappa shape index (κ3) is 3.67. The molecular weight excluding hydrogens is 324 g/mol. The lowest BCUT2D eigenvalue weighted by atomic mass is 10.1. The Morgan fingerprint density at radius 2 is 1.77 bits per heavy atom. The number of amides is 2. The van der Waals surface area contributed by atoms with E-state index in [1.807, 2.05) is 18.2 Å². The summed E-state index contributed by atoms with van der Waals surface area (Å²) in [6.45, 7) is 1.92. The van der Waals surface area contributed by atoms with Gasteiger partial charge < -0.3 is 10.2 Å². The fourth-order valence-corrected chi connectivity index (χ4v) is 3.20. The van der Waals surface area contributed by atoms with E-state index < -0.39 is 0 Å². The zero-order valence-electron chi connectivity index (χ0n) is 14.4. The Kier molecular flexibility index (Phi) is 4.51. The molecule has 2 N–H and O–H groups in total. The van der Waals surface area contributed by atoms with Crippen LogP contribution in [0.4, 0.5) is 22.0 Å². The molecule has 2 amide bonds. The van der Waals surface area contributed by atoms with Gasteiger partial charge >= 0.3 is 6.03 Å². The van der Waals surface area contributed by atoms with Crippen LogP contribution in [0.25, 0.3) is 0 Å². The van der Waals surface area contributed by atoms with Gasteiger partial charge in [-0.2, -0.15) is 0 Å². The van der Waals surface area contributed by atoms with Gasteiger partial charge in [0.05, 0.1) is 0 Å². The second-order valence-corrected chi connectivity index (χ2v) is 6.29. The van der Waals surface area contributed by atoms with E-state index in [-0.39, 0.29) is 6.03 Å². The van der Waals surface area contributed by atoms with Crippen LogP contribution in [0.15, 0.2) is 72.9 Å². The van der Waals surface area contributed by atoms with Crippen molar-refractivity contribution in [3.05, 3.63) is 84.1 Å². The summed E-state index contributed by atoms with van der Waals surface area (Å²) in [5, 5.41) is 5.53. The van der Waals surface area contributed by atoms with Crippen LogP contribution in [0.5, 0.6) is 0 Å². The predicted octanol–water partition coefficient (Wildman–Crippen LogP) is 4.29. The van der Waals surface area contributed by atoms with Gasteiger partial charge in [-0.15, -0.1) is 0 Å². The topological polar surface area (TPSA) is 57.3 Å². The van der Waals surface area contributed by atoms with Crippen LogP contribution in [-0.2, 0) is 13.0 Å². The first kappa shape index (κ1) is 16.1. The van der Waals surface area contributed by atoms with E-state index in [0.717, 1.165) is 25.2 Å². The minimum Gasteiger partial charge on any atom is -0.367 e. The molecule has 0 fully saturated rings. The smallest absolute Gasteiger partial charge is 0.324 e. The number of carbonyl (C=O) groups excluding carboxylic acids is 1. The number of para-hydroxylation sites is 1. The number of hydrogen-bond acceptors (Lipinski definition) is 3. The molecule has 0 radical (unpaired) electrons. The largest absolute Gasteiger partial charge is 0.367 e. The van der Waals surface area contributed by atoms with Crippen molar-refractivity contribution in [1.29, 1.82) is 0 Å². The fraction of sp³-hybridized carbons (Fsp3) is 0.143. The highest BCUT2D eigenvalue weighted by atomic mass is 16.2. The Balaban J connectivity index is 1.36. The van der Waals surface area contributed by atoms with Gasteiger partial charge in [-0.3, -0.25) is 5.32 Å². The Hall–Kier alpha value is -3.34. The van der Waals surface area contributed by atoms with Gasteiger partial charge in [0, 0.05) is 30.7 Å². The summed E-state index contributed by atoms with van der Waals surface area (Å²) in [5.41, 5.74) is 4.71. The Labute approximate surface area is 152 Å². The van der Waals surface area contributed by atoms with E-state index >= 15 is 0 Å². The highest BCUT2D eigenvalue weighted by Crippen LogP contribution is 2.28. The SMILES string of the molecule is O=C(Nc1ccc(CN2CCc3ccccc32)cc1)Nc1ccccn1. The van der Waals surface area contributed by atoms with Crippen LogP contribution < -0.4 is 15.5 Å². The molecule has 0 saturated heterocycles. The summed E-state index contributed by atoms with van der Waals surface area (Å²) in [4.78, 5) is 18.5. The summed E-state index contributed by atoms with van der Waals surface area (Å²) in [6.07, 6.45) is 2.74. The average Bonchev–Trinajstić information content (AvgIpc) is 3.07. The third-order valence-electron chi connectivity index (χ3n) is 4.48.